The molecule has 0 fully saturated rings. The lowest BCUT2D eigenvalue weighted by atomic mass is 9.64. The Morgan fingerprint density at radius 2 is 0.696 bits per heavy atom. The number of hydrogen-bond acceptors (Lipinski definition) is 0. The molecule has 2 nitrogen and oxygen atoms in total. The molecule has 14 radical (unpaired) electrons. The summed E-state index contributed by atoms with van der Waals surface area (Å²) < 4.78 is 4.28. The average Bonchev–Trinajstić information content (AvgIpc) is 3.94. The summed E-state index contributed by atoms with van der Waals surface area (Å²) >= 11 is 0. The minimum atomic E-state index is 0.171. The van der Waals surface area contributed by atoms with Crippen LogP contribution in [-0.4, -0.2) is 64.1 Å². The monoisotopic (exact) mass is 858 g/mol. The van der Waals surface area contributed by atoms with Crippen LogP contribution in [0.4, 0.5) is 0 Å². The molecule has 2 aromatic heterocycles. The van der Waals surface area contributed by atoms with Crippen molar-refractivity contribution in [1.29, 1.82) is 0 Å². The molecule has 0 atom stereocenters. The second-order valence-corrected chi connectivity index (χ2v) is 17.6. The van der Waals surface area contributed by atoms with Crippen LogP contribution in [0.1, 0.15) is 0 Å². The van der Waals surface area contributed by atoms with Crippen LogP contribution in [0.25, 0.3) is 111 Å². The van der Waals surface area contributed by atoms with Gasteiger partial charge in [-0.25, -0.2) is 0 Å². The Balaban J connectivity index is 1.05. The molecular formula is C60H33B7N2. The van der Waals surface area contributed by atoms with Crippen molar-refractivity contribution < 1.29 is 0 Å². The number of benzene rings is 10. The lowest BCUT2D eigenvalue weighted by molar-refractivity contribution is 1.18. The van der Waals surface area contributed by atoms with Crippen molar-refractivity contribution in [1.82, 2.24) is 9.13 Å². The lowest BCUT2D eigenvalue weighted by Gasteiger charge is -2.19. The average molecular weight is 858 g/mol. The van der Waals surface area contributed by atoms with Gasteiger partial charge in [0.05, 0.1) is 11.0 Å². The topological polar surface area (TPSA) is 9.86 Å². The Bertz CT molecular complexity index is 3990. The minimum Gasteiger partial charge on any atom is -0.311 e. The largest absolute Gasteiger partial charge is 0.311 e. The quantitative estimate of drug-likeness (QED) is 0.145. The summed E-state index contributed by atoms with van der Waals surface area (Å²) in [6.07, 6.45) is 0. The summed E-state index contributed by atoms with van der Waals surface area (Å²) in [6, 6.07) is 69.5. The highest BCUT2D eigenvalue weighted by molar-refractivity contribution is 6.69. The number of aromatic nitrogens is 2. The molecule has 12 aromatic rings. The summed E-state index contributed by atoms with van der Waals surface area (Å²) in [7, 11) is 48.9. The van der Waals surface area contributed by atoms with Crippen LogP contribution in [0.5, 0.6) is 0 Å². The molecule has 0 aliphatic rings. The molecular weight excluding hydrogens is 824 g/mol. The van der Waals surface area contributed by atoms with E-state index in [2.05, 4.69) is 162 Å². The molecule has 0 N–H and O–H groups in total. The van der Waals surface area contributed by atoms with Crippen LogP contribution in [0, 0.1) is 0 Å². The number of hydrogen-bond donors (Lipinski definition) is 0. The van der Waals surface area contributed by atoms with Crippen molar-refractivity contribution in [2.24, 2.45) is 0 Å². The summed E-state index contributed by atoms with van der Waals surface area (Å²) in [5, 5.41) is 3.21. The third kappa shape index (κ3) is 6.89. The van der Waals surface area contributed by atoms with Crippen LogP contribution in [0.15, 0.2) is 200 Å². The van der Waals surface area contributed by atoms with Crippen LogP contribution >= 0.6 is 0 Å². The molecule has 0 saturated heterocycles. The van der Waals surface area contributed by atoms with Gasteiger partial charge in [0.2, 0.25) is 0 Å². The van der Waals surface area contributed by atoms with E-state index in [1.165, 1.54) is 0 Å². The molecule has 0 unspecified atom stereocenters. The number of rotatable bonds is 7. The van der Waals surface area contributed by atoms with Crippen LogP contribution in [0.2, 0.25) is 0 Å². The fraction of sp³-hybridized carbons (Fsp3) is 0. The zero-order valence-corrected chi connectivity index (χ0v) is 37.5. The highest BCUT2D eigenvalue weighted by Crippen LogP contribution is 2.39. The van der Waals surface area contributed by atoms with Gasteiger partial charge in [-0.2, -0.15) is 0 Å². The maximum absolute atomic E-state index is 7.43. The maximum Gasteiger partial charge on any atom is 0.115 e. The molecule has 9 heteroatoms. The maximum atomic E-state index is 7.43. The molecule has 0 amide bonds. The van der Waals surface area contributed by atoms with Gasteiger partial charge in [-0.1, -0.05) is 185 Å². The van der Waals surface area contributed by atoms with Gasteiger partial charge in [-0.3, -0.25) is 0 Å². The second kappa shape index (κ2) is 16.8. The third-order valence-corrected chi connectivity index (χ3v) is 13.7. The first kappa shape index (κ1) is 42.6. The molecule has 0 aliphatic heterocycles. The Labute approximate surface area is 410 Å². The molecule has 12 rings (SSSR count). The van der Waals surface area contributed by atoms with Gasteiger partial charge in [0.1, 0.15) is 54.9 Å². The predicted octanol–water partition coefficient (Wildman–Crippen LogP) is 7.77. The number of fused-ring (bicyclic) bond motifs is 6. The van der Waals surface area contributed by atoms with Crippen molar-refractivity contribution >= 4 is 137 Å². The SMILES string of the molecule is [B]c1c([B])c([B])c2c(c1[B])c1c([B])c(-c3ccc4c(c3)c3ccc(-c5ccccc5)cc3n4-c3cccc(-c4ccccc4)c3)c([B])c([B])c1n2-c1ccc(-c2ccc(-c3ccccc3)cc2)cc1. The highest BCUT2D eigenvalue weighted by Gasteiger charge is 2.25. The van der Waals surface area contributed by atoms with E-state index in [-0.39, 0.29) is 21.9 Å². The Hall–Kier alpha value is -7.75. The van der Waals surface area contributed by atoms with E-state index >= 15 is 0 Å². The van der Waals surface area contributed by atoms with Crippen molar-refractivity contribution in [3.63, 3.8) is 0 Å². The molecule has 10 aromatic carbocycles. The van der Waals surface area contributed by atoms with Crippen LogP contribution in [-0.2, 0) is 0 Å². The molecule has 69 heavy (non-hydrogen) atoms. The summed E-state index contributed by atoms with van der Waals surface area (Å²) in [6.45, 7) is 0. The first-order valence-electron chi connectivity index (χ1n) is 22.8. The lowest BCUT2D eigenvalue weighted by Crippen LogP contribution is -2.48. The van der Waals surface area contributed by atoms with Gasteiger partial charge < -0.3 is 9.13 Å². The van der Waals surface area contributed by atoms with Crippen molar-refractivity contribution in [2.45, 2.75) is 0 Å². The summed E-state index contributed by atoms with van der Waals surface area (Å²) in [5.74, 6) is 0. The van der Waals surface area contributed by atoms with E-state index in [4.69, 9.17) is 54.9 Å². The van der Waals surface area contributed by atoms with Crippen LogP contribution < -0.4 is 38.2 Å². The fourth-order valence-corrected chi connectivity index (χ4v) is 10.3. The molecule has 304 valence electrons. The first-order chi connectivity index (χ1) is 33.7. The zero-order chi connectivity index (χ0) is 47.1. The second-order valence-electron chi connectivity index (χ2n) is 17.6. The normalized spacial score (nSPS) is 11.6. The van der Waals surface area contributed by atoms with E-state index in [1.54, 1.807) is 0 Å². The van der Waals surface area contributed by atoms with Gasteiger partial charge >= 0.3 is 0 Å². The fourth-order valence-electron chi connectivity index (χ4n) is 10.3. The zero-order valence-electron chi connectivity index (χ0n) is 37.5. The molecule has 0 bridgehead atoms. The molecule has 0 saturated carbocycles. The van der Waals surface area contributed by atoms with Crippen LogP contribution in [0.3, 0.4) is 0 Å². The Morgan fingerprint density at radius 3 is 1.29 bits per heavy atom. The molecule has 0 aliphatic carbocycles. The van der Waals surface area contributed by atoms with Gasteiger partial charge in [0, 0.05) is 38.6 Å². The molecule has 0 spiro atoms. The van der Waals surface area contributed by atoms with E-state index in [0.717, 1.165) is 83.3 Å². The Kier molecular flexibility index (Phi) is 10.4. The van der Waals surface area contributed by atoms with E-state index in [1.807, 2.05) is 47.0 Å². The standard InChI is InChI=1S/C60H33B7N2/c61-52-49(42-26-30-47-46(32-42)45-29-25-41(36-15-8-3-9-16-36)33-48(45)68(47)44-18-10-17-40(31-44)35-13-6-2-7-14-35)53(62)57(66)59-50(52)51-54(63)55(64)56(65)58(67)60(51)69(59)43-27-23-39(24-28-43)38-21-19-37(20-22-38)34-11-4-1-5-12-34/h1-33H. The van der Waals surface area contributed by atoms with Gasteiger partial charge in [-0.15, -0.1) is 10.9 Å². The Morgan fingerprint density at radius 1 is 0.246 bits per heavy atom. The van der Waals surface area contributed by atoms with Crippen molar-refractivity contribution in [2.75, 3.05) is 0 Å². The number of nitrogens with zero attached hydrogens (tertiary/aromatic N) is 2. The van der Waals surface area contributed by atoms with E-state index in [0.29, 0.717) is 43.8 Å². The first-order valence-corrected chi connectivity index (χ1v) is 22.8. The predicted molar refractivity (Wildman–Crippen MR) is 300 cm³/mol. The van der Waals surface area contributed by atoms with Crippen molar-refractivity contribution in [3.8, 4) is 67.0 Å². The third-order valence-electron chi connectivity index (χ3n) is 13.7. The van der Waals surface area contributed by atoms with Crippen molar-refractivity contribution in [3.05, 3.63) is 200 Å². The summed E-state index contributed by atoms with van der Waals surface area (Å²) in [4.78, 5) is 0. The van der Waals surface area contributed by atoms with Gasteiger partial charge in [-0.05, 0) is 103 Å². The van der Waals surface area contributed by atoms with Gasteiger partial charge in [0.25, 0.3) is 0 Å². The summed E-state index contributed by atoms with van der Waals surface area (Å²) in [5.41, 5.74) is 17.1. The minimum absolute atomic E-state index is 0.171. The smallest absolute Gasteiger partial charge is 0.115 e. The van der Waals surface area contributed by atoms with Gasteiger partial charge in [0.15, 0.2) is 0 Å². The highest BCUT2D eigenvalue weighted by atomic mass is 15.0. The molecule has 2 heterocycles. The van der Waals surface area contributed by atoms with E-state index in [9.17, 15) is 0 Å². The van der Waals surface area contributed by atoms with E-state index < -0.39 is 0 Å².